The Kier molecular flexibility index (Phi) is 8.95. The Bertz CT molecular complexity index is 475. The number of rotatable bonds is 5. The molecule has 1 aliphatic rings. The van der Waals surface area contributed by atoms with Crippen LogP contribution in [0.1, 0.15) is 24.8 Å². The number of nitrogens with one attached hydrogen (secondary N) is 2. The van der Waals surface area contributed by atoms with Crippen molar-refractivity contribution in [2.24, 2.45) is 0 Å². The molecule has 2 unspecified atom stereocenters. The third kappa shape index (κ3) is 5.82. The van der Waals surface area contributed by atoms with E-state index in [0.717, 1.165) is 23.6 Å². The standard InChI is InChI=1S/C15H20Cl2N2OS.ClH/c1-10(15-12(16)3-2-4-13(15)17)8-19-14(20)7-11-9-21-6-5-18-11;/h2-4,10-11,18H,5-9H2,1H3,(H,19,20);1H. The molecule has 1 aromatic carbocycles. The summed E-state index contributed by atoms with van der Waals surface area (Å²) in [4.78, 5) is 12.0. The molecule has 2 N–H and O–H groups in total. The minimum Gasteiger partial charge on any atom is -0.355 e. The summed E-state index contributed by atoms with van der Waals surface area (Å²) in [6, 6.07) is 5.75. The van der Waals surface area contributed by atoms with Gasteiger partial charge in [-0.25, -0.2) is 0 Å². The molecule has 1 fully saturated rings. The highest BCUT2D eigenvalue weighted by atomic mass is 35.5. The molecular weight excluding hydrogens is 363 g/mol. The van der Waals surface area contributed by atoms with E-state index in [0.29, 0.717) is 23.0 Å². The van der Waals surface area contributed by atoms with Crippen molar-refractivity contribution in [1.29, 1.82) is 0 Å². The lowest BCUT2D eigenvalue weighted by Gasteiger charge is -2.23. The summed E-state index contributed by atoms with van der Waals surface area (Å²) in [7, 11) is 0. The lowest BCUT2D eigenvalue weighted by Crippen LogP contribution is -2.41. The van der Waals surface area contributed by atoms with Crippen molar-refractivity contribution >= 4 is 53.3 Å². The second-order valence-electron chi connectivity index (χ2n) is 5.27. The van der Waals surface area contributed by atoms with E-state index < -0.39 is 0 Å². The molecule has 1 saturated heterocycles. The molecule has 2 rings (SSSR count). The number of carbonyl (C=O) groups excluding carboxylic acids is 1. The molecule has 22 heavy (non-hydrogen) atoms. The average molecular weight is 384 g/mol. The van der Waals surface area contributed by atoms with Crippen molar-refractivity contribution in [1.82, 2.24) is 10.6 Å². The SMILES string of the molecule is CC(CNC(=O)CC1CSCCN1)c1c(Cl)cccc1Cl.Cl. The van der Waals surface area contributed by atoms with E-state index >= 15 is 0 Å². The van der Waals surface area contributed by atoms with Crippen LogP contribution in [0.4, 0.5) is 0 Å². The van der Waals surface area contributed by atoms with E-state index in [1.165, 1.54) is 0 Å². The third-order valence-corrected chi connectivity index (χ3v) is 5.32. The van der Waals surface area contributed by atoms with Crippen LogP contribution in [-0.2, 0) is 4.79 Å². The maximum Gasteiger partial charge on any atom is 0.221 e. The van der Waals surface area contributed by atoms with Crippen LogP contribution in [-0.4, -0.2) is 36.5 Å². The third-order valence-electron chi connectivity index (χ3n) is 3.53. The zero-order valence-electron chi connectivity index (χ0n) is 12.4. The topological polar surface area (TPSA) is 41.1 Å². The molecule has 3 nitrogen and oxygen atoms in total. The minimum atomic E-state index is 0. The fraction of sp³-hybridized carbons (Fsp3) is 0.533. The summed E-state index contributed by atoms with van der Waals surface area (Å²) in [5.41, 5.74) is 0.896. The lowest BCUT2D eigenvalue weighted by molar-refractivity contribution is -0.121. The number of carbonyl (C=O) groups is 1. The summed E-state index contributed by atoms with van der Waals surface area (Å²) in [6.45, 7) is 3.54. The summed E-state index contributed by atoms with van der Waals surface area (Å²) in [5, 5.41) is 7.64. The first kappa shape index (κ1) is 19.9. The fourth-order valence-corrected chi connectivity index (χ4v) is 4.12. The van der Waals surface area contributed by atoms with Gasteiger partial charge >= 0.3 is 0 Å². The van der Waals surface area contributed by atoms with E-state index in [2.05, 4.69) is 10.6 Å². The molecule has 1 amide bonds. The number of thioether (sulfide) groups is 1. The van der Waals surface area contributed by atoms with Crippen LogP contribution in [0.5, 0.6) is 0 Å². The van der Waals surface area contributed by atoms with Gasteiger partial charge in [0, 0.05) is 53.0 Å². The maximum atomic E-state index is 12.0. The van der Waals surface area contributed by atoms with Crippen LogP contribution < -0.4 is 10.6 Å². The minimum absolute atomic E-state index is 0. The normalized spacial score (nSPS) is 19.1. The maximum absolute atomic E-state index is 12.0. The summed E-state index contributed by atoms with van der Waals surface area (Å²) >= 11 is 14.3. The van der Waals surface area contributed by atoms with Crippen molar-refractivity contribution in [3.05, 3.63) is 33.8 Å². The van der Waals surface area contributed by atoms with Crippen molar-refractivity contribution in [2.75, 3.05) is 24.6 Å². The van der Waals surface area contributed by atoms with Crippen LogP contribution in [0, 0.1) is 0 Å². The highest BCUT2D eigenvalue weighted by Crippen LogP contribution is 2.30. The molecule has 1 aliphatic heterocycles. The fourth-order valence-electron chi connectivity index (χ4n) is 2.40. The molecular formula is C15H21Cl3N2OS. The molecule has 124 valence electrons. The zero-order valence-corrected chi connectivity index (χ0v) is 15.5. The number of amides is 1. The lowest BCUT2D eigenvalue weighted by atomic mass is 10.0. The van der Waals surface area contributed by atoms with Gasteiger partial charge in [-0.05, 0) is 17.7 Å². The highest BCUT2D eigenvalue weighted by molar-refractivity contribution is 7.99. The van der Waals surface area contributed by atoms with Gasteiger partial charge in [0.25, 0.3) is 0 Å². The van der Waals surface area contributed by atoms with Gasteiger partial charge in [-0.3, -0.25) is 4.79 Å². The Morgan fingerprint density at radius 3 is 2.73 bits per heavy atom. The Hall–Kier alpha value is -0.130. The number of benzene rings is 1. The number of hydrogen-bond donors (Lipinski definition) is 2. The predicted octanol–water partition coefficient (Wildman–Crippen LogP) is 3.73. The monoisotopic (exact) mass is 382 g/mol. The van der Waals surface area contributed by atoms with Gasteiger partial charge in [0.05, 0.1) is 0 Å². The molecule has 2 atom stereocenters. The first-order valence-corrected chi connectivity index (χ1v) is 9.00. The Labute approximate surface area is 152 Å². The first-order chi connectivity index (χ1) is 10.1. The van der Waals surface area contributed by atoms with E-state index in [9.17, 15) is 4.79 Å². The molecule has 0 aliphatic carbocycles. The van der Waals surface area contributed by atoms with Gasteiger partial charge in [0.1, 0.15) is 0 Å². The van der Waals surface area contributed by atoms with E-state index in [1.54, 1.807) is 0 Å². The van der Waals surface area contributed by atoms with Crippen LogP contribution in [0.15, 0.2) is 18.2 Å². The van der Waals surface area contributed by atoms with Crippen molar-refractivity contribution in [3.63, 3.8) is 0 Å². The number of halogens is 3. The molecule has 0 bridgehead atoms. The number of hydrogen-bond acceptors (Lipinski definition) is 3. The van der Waals surface area contributed by atoms with Crippen LogP contribution in [0.2, 0.25) is 10.0 Å². The molecule has 7 heteroatoms. The van der Waals surface area contributed by atoms with Crippen LogP contribution in [0.25, 0.3) is 0 Å². The summed E-state index contributed by atoms with van der Waals surface area (Å²) < 4.78 is 0. The molecule has 1 heterocycles. The van der Waals surface area contributed by atoms with E-state index in [-0.39, 0.29) is 30.3 Å². The molecule has 0 aromatic heterocycles. The Morgan fingerprint density at radius 2 is 2.14 bits per heavy atom. The second-order valence-corrected chi connectivity index (χ2v) is 7.23. The first-order valence-electron chi connectivity index (χ1n) is 7.09. The quantitative estimate of drug-likeness (QED) is 0.814. The predicted molar refractivity (Wildman–Crippen MR) is 98.9 cm³/mol. The Balaban J connectivity index is 0.00000242. The Morgan fingerprint density at radius 1 is 1.45 bits per heavy atom. The van der Waals surface area contributed by atoms with Gasteiger partial charge in [-0.2, -0.15) is 11.8 Å². The van der Waals surface area contributed by atoms with Gasteiger partial charge in [-0.1, -0.05) is 36.2 Å². The van der Waals surface area contributed by atoms with Gasteiger partial charge in [-0.15, -0.1) is 12.4 Å². The molecule has 1 aromatic rings. The van der Waals surface area contributed by atoms with Gasteiger partial charge < -0.3 is 10.6 Å². The van der Waals surface area contributed by atoms with Crippen LogP contribution in [0.3, 0.4) is 0 Å². The van der Waals surface area contributed by atoms with Crippen molar-refractivity contribution in [2.45, 2.75) is 25.3 Å². The molecule has 0 radical (unpaired) electrons. The van der Waals surface area contributed by atoms with Gasteiger partial charge in [0.2, 0.25) is 5.91 Å². The smallest absolute Gasteiger partial charge is 0.221 e. The zero-order chi connectivity index (χ0) is 15.2. The highest BCUT2D eigenvalue weighted by Gasteiger charge is 2.18. The molecule has 0 spiro atoms. The molecule has 0 saturated carbocycles. The van der Waals surface area contributed by atoms with Gasteiger partial charge in [0.15, 0.2) is 0 Å². The van der Waals surface area contributed by atoms with Crippen LogP contribution >= 0.6 is 47.4 Å². The summed E-state index contributed by atoms with van der Waals surface area (Å²) in [5.74, 6) is 2.29. The van der Waals surface area contributed by atoms with Crippen molar-refractivity contribution < 1.29 is 4.79 Å². The largest absolute Gasteiger partial charge is 0.355 e. The van der Waals surface area contributed by atoms with Crippen molar-refractivity contribution in [3.8, 4) is 0 Å². The summed E-state index contributed by atoms with van der Waals surface area (Å²) in [6.07, 6.45) is 0.524. The second kappa shape index (κ2) is 9.89. The average Bonchev–Trinajstić information content (AvgIpc) is 2.46. The van der Waals surface area contributed by atoms with E-state index in [4.69, 9.17) is 23.2 Å². The van der Waals surface area contributed by atoms with E-state index in [1.807, 2.05) is 36.9 Å².